The van der Waals surface area contributed by atoms with Gasteiger partial charge in [0.1, 0.15) is 0 Å². The van der Waals surface area contributed by atoms with Crippen LogP contribution in [0, 0.1) is 11.3 Å². The number of carbonyl (C=O) groups excluding carboxylic acids is 2. The van der Waals surface area contributed by atoms with Crippen molar-refractivity contribution in [1.82, 2.24) is 4.90 Å². The van der Waals surface area contributed by atoms with Crippen LogP contribution in [0.3, 0.4) is 0 Å². The number of rotatable bonds is 5. The van der Waals surface area contributed by atoms with Gasteiger partial charge in [0.25, 0.3) is 0 Å². The van der Waals surface area contributed by atoms with E-state index in [0.717, 1.165) is 44.0 Å². The van der Waals surface area contributed by atoms with E-state index in [0.29, 0.717) is 12.3 Å². The summed E-state index contributed by atoms with van der Waals surface area (Å²) in [5.41, 5.74) is 3.25. The molecule has 0 radical (unpaired) electrons. The lowest BCUT2D eigenvalue weighted by Crippen LogP contribution is -2.49. The third-order valence-corrected chi connectivity index (χ3v) is 6.17. The van der Waals surface area contributed by atoms with Crippen LogP contribution >= 0.6 is 0 Å². The summed E-state index contributed by atoms with van der Waals surface area (Å²) < 4.78 is 0. The SMILES string of the molecule is CC(C)(C)CC(=O)N1CCN(c2ccc(NC(=O)[C@H]3C[C@H]3c3ccccc3)cc2)CC1. The number of hydrogen-bond acceptors (Lipinski definition) is 3. The van der Waals surface area contributed by atoms with Crippen molar-refractivity contribution in [3.8, 4) is 0 Å². The van der Waals surface area contributed by atoms with E-state index in [1.807, 2.05) is 35.2 Å². The first-order valence-corrected chi connectivity index (χ1v) is 11.3. The first-order chi connectivity index (χ1) is 14.8. The topological polar surface area (TPSA) is 52.7 Å². The number of nitrogens with zero attached hydrogens (tertiary/aromatic N) is 2. The highest BCUT2D eigenvalue weighted by Crippen LogP contribution is 2.47. The van der Waals surface area contributed by atoms with Gasteiger partial charge >= 0.3 is 0 Å². The van der Waals surface area contributed by atoms with Crippen LogP contribution in [-0.2, 0) is 9.59 Å². The fraction of sp³-hybridized carbons (Fsp3) is 0.462. The summed E-state index contributed by atoms with van der Waals surface area (Å²) in [6.07, 6.45) is 1.51. The van der Waals surface area contributed by atoms with Gasteiger partial charge in [-0.15, -0.1) is 0 Å². The lowest BCUT2D eigenvalue weighted by atomic mass is 9.91. The number of hydrogen-bond donors (Lipinski definition) is 1. The predicted octanol–water partition coefficient (Wildman–Crippen LogP) is 4.51. The van der Waals surface area contributed by atoms with Gasteiger partial charge in [-0.2, -0.15) is 0 Å². The lowest BCUT2D eigenvalue weighted by Gasteiger charge is -2.37. The molecule has 1 aliphatic heterocycles. The molecule has 1 N–H and O–H groups in total. The zero-order chi connectivity index (χ0) is 22.0. The van der Waals surface area contributed by atoms with Gasteiger partial charge in [-0.05, 0) is 47.6 Å². The summed E-state index contributed by atoms with van der Waals surface area (Å²) in [5, 5.41) is 3.07. The molecule has 2 amide bonds. The minimum atomic E-state index is 0.0239. The summed E-state index contributed by atoms with van der Waals surface area (Å²) in [6, 6.07) is 18.3. The first kappa shape index (κ1) is 21.4. The van der Waals surface area contributed by atoms with E-state index in [1.54, 1.807) is 0 Å². The van der Waals surface area contributed by atoms with Crippen LogP contribution in [0.4, 0.5) is 11.4 Å². The molecule has 2 atom stereocenters. The maximum absolute atomic E-state index is 12.6. The predicted molar refractivity (Wildman–Crippen MR) is 125 cm³/mol. The Hall–Kier alpha value is -2.82. The Kier molecular flexibility index (Phi) is 6.03. The monoisotopic (exact) mass is 419 g/mol. The summed E-state index contributed by atoms with van der Waals surface area (Å²) in [7, 11) is 0. The van der Waals surface area contributed by atoms with E-state index >= 15 is 0 Å². The molecule has 164 valence electrons. The van der Waals surface area contributed by atoms with Crippen LogP contribution in [0.5, 0.6) is 0 Å². The van der Waals surface area contributed by atoms with Crippen LogP contribution in [0.25, 0.3) is 0 Å². The normalized spacial score (nSPS) is 21.0. The molecule has 2 aromatic rings. The second-order valence-electron chi connectivity index (χ2n) is 10.0. The van der Waals surface area contributed by atoms with Crippen molar-refractivity contribution >= 4 is 23.2 Å². The molecule has 4 rings (SSSR count). The molecule has 1 saturated carbocycles. The maximum Gasteiger partial charge on any atom is 0.228 e. The average molecular weight is 420 g/mol. The zero-order valence-electron chi connectivity index (χ0n) is 18.8. The van der Waals surface area contributed by atoms with Crippen LogP contribution in [-0.4, -0.2) is 42.9 Å². The zero-order valence-corrected chi connectivity index (χ0v) is 18.8. The van der Waals surface area contributed by atoms with Gasteiger partial charge in [0, 0.05) is 49.9 Å². The summed E-state index contributed by atoms with van der Waals surface area (Å²) >= 11 is 0. The molecule has 1 saturated heterocycles. The maximum atomic E-state index is 12.6. The van der Waals surface area contributed by atoms with Gasteiger partial charge in [0.2, 0.25) is 11.8 Å². The number of carbonyl (C=O) groups is 2. The number of amides is 2. The molecule has 0 aromatic heterocycles. The second-order valence-corrected chi connectivity index (χ2v) is 10.0. The lowest BCUT2D eigenvalue weighted by molar-refractivity contribution is -0.133. The summed E-state index contributed by atoms with van der Waals surface area (Å²) in [5.74, 6) is 0.769. The van der Waals surface area contributed by atoms with Gasteiger partial charge in [0.05, 0.1) is 0 Å². The Bertz CT molecular complexity index is 910. The minimum Gasteiger partial charge on any atom is -0.368 e. The fourth-order valence-corrected chi connectivity index (χ4v) is 4.32. The van der Waals surface area contributed by atoms with E-state index in [-0.39, 0.29) is 23.1 Å². The van der Waals surface area contributed by atoms with Gasteiger partial charge in [0.15, 0.2) is 0 Å². The van der Waals surface area contributed by atoms with Crippen LogP contribution < -0.4 is 10.2 Å². The Morgan fingerprint density at radius 1 is 0.935 bits per heavy atom. The van der Waals surface area contributed by atoms with Crippen LogP contribution in [0.1, 0.15) is 45.1 Å². The Morgan fingerprint density at radius 3 is 2.19 bits per heavy atom. The molecule has 0 spiro atoms. The van der Waals surface area contributed by atoms with Crippen molar-refractivity contribution in [2.45, 2.75) is 39.5 Å². The van der Waals surface area contributed by atoms with Gasteiger partial charge in [-0.1, -0.05) is 51.1 Å². The summed E-state index contributed by atoms with van der Waals surface area (Å²) in [4.78, 5) is 29.3. The molecule has 2 aliphatic rings. The first-order valence-electron chi connectivity index (χ1n) is 11.3. The Labute approximate surface area is 185 Å². The van der Waals surface area contributed by atoms with E-state index < -0.39 is 0 Å². The van der Waals surface area contributed by atoms with Crippen LogP contribution in [0.15, 0.2) is 54.6 Å². The third kappa shape index (κ3) is 5.46. The molecule has 31 heavy (non-hydrogen) atoms. The highest BCUT2D eigenvalue weighted by molar-refractivity contribution is 5.95. The fourth-order valence-electron chi connectivity index (χ4n) is 4.32. The van der Waals surface area contributed by atoms with Crippen molar-refractivity contribution in [2.75, 3.05) is 36.4 Å². The largest absolute Gasteiger partial charge is 0.368 e. The molecular formula is C26H33N3O2. The molecule has 2 fully saturated rings. The van der Waals surface area contributed by atoms with E-state index in [9.17, 15) is 9.59 Å². The average Bonchev–Trinajstić information content (AvgIpc) is 3.55. The Balaban J connectivity index is 1.26. The molecule has 1 heterocycles. The van der Waals surface area contributed by atoms with Crippen molar-refractivity contribution in [2.24, 2.45) is 11.3 Å². The Morgan fingerprint density at radius 2 is 1.58 bits per heavy atom. The van der Waals surface area contributed by atoms with Crippen molar-refractivity contribution < 1.29 is 9.59 Å². The van der Waals surface area contributed by atoms with Gasteiger partial charge < -0.3 is 15.1 Å². The van der Waals surface area contributed by atoms with Crippen molar-refractivity contribution in [1.29, 1.82) is 0 Å². The molecular weight excluding hydrogens is 386 g/mol. The summed E-state index contributed by atoms with van der Waals surface area (Å²) in [6.45, 7) is 9.50. The van der Waals surface area contributed by atoms with Gasteiger partial charge in [-0.3, -0.25) is 9.59 Å². The molecule has 1 aliphatic carbocycles. The molecule has 0 bridgehead atoms. The van der Waals surface area contributed by atoms with Crippen molar-refractivity contribution in [3.63, 3.8) is 0 Å². The van der Waals surface area contributed by atoms with Crippen LogP contribution in [0.2, 0.25) is 0 Å². The highest BCUT2D eigenvalue weighted by atomic mass is 16.2. The molecule has 5 heteroatoms. The molecule has 0 unspecified atom stereocenters. The molecule has 5 nitrogen and oxygen atoms in total. The second kappa shape index (κ2) is 8.74. The van der Waals surface area contributed by atoms with E-state index in [4.69, 9.17) is 0 Å². The number of nitrogens with one attached hydrogen (secondary N) is 1. The number of piperazine rings is 1. The number of benzene rings is 2. The number of anilines is 2. The quantitative estimate of drug-likeness (QED) is 0.776. The molecule has 2 aromatic carbocycles. The van der Waals surface area contributed by atoms with E-state index in [2.05, 4.69) is 55.3 Å². The van der Waals surface area contributed by atoms with Crippen molar-refractivity contribution in [3.05, 3.63) is 60.2 Å². The van der Waals surface area contributed by atoms with E-state index in [1.165, 1.54) is 5.56 Å². The third-order valence-electron chi connectivity index (χ3n) is 6.17. The smallest absolute Gasteiger partial charge is 0.228 e. The van der Waals surface area contributed by atoms with Gasteiger partial charge in [-0.25, -0.2) is 0 Å². The highest BCUT2D eigenvalue weighted by Gasteiger charge is 2.43. The minimum absolute atomic E-state index is 0.0239. The standard InChI is InChI=1S/C26H33N3O2/c1-26(2,3)18-24(30)29-15-13-28(14-16-29)21-11-9-20(10-12-21)27-25(31)23-17-22(23)19-7-5-4-6-8-19/h4-12,22-23H,13-18H2,1-3H3,(H,27,31)/t22-,23-/m0/s1.